The Balaban J connectivity index is 1.74. The SMILES string of the molecule is CC(=O)c1cnc(N2CCC(O)(c3cccnc3)CC2)nc1C. The fourth-order valence-corrected chi connectivity index (χ4v) is 2.96. The highest BCUT2D eigenvalue weighted by Crippen LogP contribution is 2.33. The first kappa shape index (κ1) is 15.6. The topological polar surface area (TPSA) is 79.2 Å². The number of carbonyl (C=O) groups excluding carboxylic acids is 1. The molecule has 3 heterocycles. The Bertz CT molecular complexity index is 710. The fraction of sp³-hybridized carbons (Fsp3) is 0.412. The van der Waals surface area contributed by atoms with Crippen molar-refractivity contribution in [3.63, 3.8) is 0 Å². The Hall–Kier alpha value is -2.34. The Kier molecular flexibility index (Phi) is 4.09. The van der Waals surface area contributed by atoms with Gasteiger partial charge in [-0.3, -0.25) is 9.78 Å². The molecule has 0 amide bonds. The zero-order valence-corrected chi connectivity index (χ0v) is 13.4. The van der Waals surface area contributed by atoms with E-state index in [0.29, 0.717) is 43.1 Å². The molecular weight excluding hydrogens is 292 g/mol. The number of aliphatic hydroxyl groups is 1. The summed E-state index contributed by atoms with van der Waals surface area (Å²) in [4.78, 5) is 26.3. The Morgan fingerprint density at radius 1 is 1.30 bits per heavy atom. The molecule has 0 aromatic carbocycles. The van der Waals surface area contributed by atoms with E-state index in [1.54, 1.807) is 18.6 Å². The molecule has 1 fully saturated rings. The molecule has 6 nitrogen and oxygen atoms in total. The van der Waals surface area contributed by atoms with Gasteiger partial charge in [-0.2, -0.15) is 0 Å². The standard InChI is InChI=1S/C17H20N4O2/c1-12-15(13(2)22)11-19-16(20-12)21-8-5-17(23,6-9-21)14-4-3-7-18-10-14/h3-4,7,10-11,23H,5-6,8-9H2,1-2H3. The lowest BCUT2D eigenvalue weighted by molar-refractivity contribution is 0.0112. The summed E-state index contributed by atoms with van der Waals surface area (Å²) in [5.41, 5.74) is 1.25. The van der Waals surface area contributed by atoms with Crippen LogP contribution in [-0.4, -0.2) is 38.9 Å². The molecule has 1 N–H and O–H groups in total. The highest BCUT2D eigenvalue weighted by molar-refractivity contribution is 5.94. The molecule has 0 aliphatic carbocycles. The largest absolute Gasteiger partial charge is 0.385 e. The second kappa shape index (κ2) is 6.04. The Morgan fingerprint density at radius 3 is 2.61 bits per heavy atom. The van der Waals surface area contributed by atoms with E-state index in [2.05, 4.69) is 15.0 Å². The molecule has 6 heteroatoms. The number of anilines is 1. The van der Waals surface area contributed by atoms with Crippen LogP contribution in [0.25, 0.3) is 0 Å². The van der Waals surface area contributed by atoms with Crippen LogP contribution in [0.1, 0.15) is 41.4 Å². The van der Waals surface area contributed by atoms with Gasteiger partial charge in [-0.15, -0.1) is 0 Å². The van der Waals surface area contributed by atoms with Crippen LogP contribution in [0.4, 0.5) is 5.95 Å². The predicted octanol–water partition coefficient (Wildman–Crippen LogP) is 1.87. The average Bonchev–Trinajstić information content (AvgIpc) is 2.56. The first-order valence-electron chi connectivity index (χ1n) is 7.72. The van der Waals surface area contributed by atoms with Gasteiger partial charge in [-0.25, -0.2) is 9.97 Å². The molecule has 1 aliphatic heterocycles. The van der Waals surface area contributed by atoms with Crippen molar-refractivity contribution in [1.29, 1.82) is 0 Å². The van der Waals surface area contributed by atoms with E-state index in [1.165, 1.54) is 6.92 Å². The molecule has 3 rings (SSSR count). The van der Waals surface area contributed by atoms with Crippen molar-refractivity contribution in [2.45, 2.75) is 32.3 Å². The number of piperidine rings is 1. The van der Waals surface area contributed by atoms with Gasteiger partial charge < -0.3 is 10.0 Å². The number of nitrogens with zero attached hydrogens (tertiary/aromatic N) is 4. The molecule has 120 valence electrons. The minimum absolute atomic E-state index is 0.0290. The lowest BCUT2D eigenvalue weighted by Gasteiger charge is -2.38. The zero-order valence-electron chi connectivity index (χ0n) is 13.4. The maximum atomic E-state index is 11.5. The number of aromatic nitrogens is 3. The van der Waals surface area contributed by atoms with Crippen LogP contribution in [0.15, 0.2) is 30.7 Å². The van der Waals surface area contributed by atoms with Gasteiger partial charge in [0.2, 0.25) is 5.95 Å². The van der Waals surface area contributed by atoms with E-state index in [9.17, 15) is 9.90 Å². The summed E-state index contributed by atoms with van der Waals surface area (Å²) in [5, 5.41) is 10.8. The zero-order chi connectivity index (χ0) is 16.4. The highest BCUT2D eigenvalue weighted by atomic mass is 16.3. The summed E-state index contributed by atoms with van der Waals surface area (Å²) >= 11 is 0. The molecule has 2 aromatic rings. The number of aryl methyl sites for hydroxylation is 1. The summed E-state index contributed by atoms with van der Waals surface area (Å²) in [6.45, 7) is 4.65. The third-order valence-corrected chi connectivity index (χ3v) is 4.42. The average molecular weight is 312 g/mol. The first-order chi connectivity index (χ1) is 11.0. The predicted molar refractivity (Wildman–Crippen MR) is 86.4 cm³/mol. The van der Waals surface area contributed by atoms with E-state index in [-0.39, 0.29) is 5.78 Å². The molecule has 0 spiro atoms. The molecule has 1 saturated heterocycles. The molecule has 23 heavy (non-hydrogen) atoms. The van der Waals surface area contributed by atoms with Crippen molar-refractivity contribution in [1.82, 2.24) is 15.0 Å². The smallest absolute Gasteiger partial charge is 0.225 e. The van der Waals surface area contributed by atoms with E-state index in [1.807, 2.05) is 24.0 Å². The molecular formula is C17H20N4O2. The Morgan fingerprint density at radius 2 is 2.04 bits per heavy atom. The van der Waals surface area contributed by atoms with E-state index in [4.69, 9.17) is 0 Å². The van der Waals surface area contributed by atoms with Crippen LogP contribution in [0, 0.1) is 6.92 Å². The van der Waals surface area contributed by atoms with Crippen LogP contribution in [0.3, 0.4) is 0 Å². The fourth-order valence-electron chi connectivity index (χ4n) is 2.96. The summed E-state index contributed by atoms with van der Waals surface area (Å²) in [6.07, 6.45) is 6.19. The monoisotopic (exact) mass is 312 g/mol. The number of hydrogen-bond donors (Lipinski definition) is 1. The maximum absolute atomic E-state index is 11.5. The van der Waals surface area contributed by atoms with Crippen molar-refractivity contribution >= 4 is 11.7 Å². The van der Waals surface area contributed by atoms with Gasteiger partial charge in [0, 0.05) is 37.2 Å². The summed E-state index contributed by atoms with van der Waals surface area (Å²) in [5.74, 6) is 0.583. The van der Waals surface area contributed by atoms with E-state index in [0.717, 1.165) is 5.56 Å². The summed E-state index contributed by atoms with van der Waals surface area (Å²) in [7, 11) is 0. The van der Waals surface area contributed by atoms with Gasteiger partial charge in [0.05, 0.1) is 16.9 Å². The van der Waals surface area contributed by atoms with Gasteiger partial charge in [0.25, 0.3) is 0 Å². The normalized spacial score (nSPS) is 17.1. The molecule has 0 atom stereocenters. The van der Waals surface area contributed by atoms with E-state index >= 15 is 0 Å². The van der Waals surface area contributed by atoms with Crippen molar-refractivity contribution in [3.05, 3.63) is 47.5 Å². The third kappa shape index (κ3) is 3.07. The van der Waals surface area contributed by atoms with Crippen LogP contribution in [-0.2, 0) is 5.60 Å². The minimum atomic E-state index is -0.848. The van der Waals surface area contributed by atoms with Gasteiger partial charge in [0.1, 0.15) is 0 Å². The lowest BCUT2D eigenvalue weighted by atomic mass is 9.85. The first-order valence-corrected chi connectivity index (χ1v) is 7.72. The number of rotatable bonds is 3. The second-order valence-corrected chi connectivity index (χ2v) is 5.99. The number of pyridine rings is 1. The quantitative estimate of drug-likeness (QED) is 0.872. The second-order valence-electron chi connectivity index (χ2n) is 5.99. The van der Waals surface area contributed by atoms with Crippen LogP contribution in [0.5, 0.6) is 0 Å². The van der Waals surface area contributed by atoms with Crippen LogP contribution >= 0.6 is 0 Å². The van der Waals surface area contributed by atoms with Gasteiger partial charge in [-0.1, -0.05) is 6.07 Å². The van der Waals surface area contributed by atoms with Crippen molar-refractivity contribution in [3.8, 4) is 0 Å². The van der Waals surface area contributed by atoms with Crippen LogP contribution in [0.2, 0.25) is 0 Å². The molecule has 0 unspecified atom stereocenters. The Labute approximate surface area is 135 Å². The van der Waals surface area contributed by atoms with Gasteiger partial charge >= 0.3 is 0 Å². The highest BCUT2D eigenvalue weighted by Gasteiger charge is 2.35. The lowest BCUT2D eigenvalue weighted by Crippen LogP contribution is -2.43. The number of carbonyl (C=O) groups is 1. The number of hydrogen-bond acceptors (Lipinski definition) is 6. The molecule has 0 bridgehead atoms. The molecule has 0 saturated carbocycles. The van der Waals surface area contributed by atoms with Crippen molar-refractivity contribution < 1.29 is 9.90 Å². The van der Waals surface area contributed by atoms with Crippen molar-refractivity contribution in [2.24, 2.45) is 0 Å². The molecule has 0 radical (unpaired) electrons. The molecule has 1 aliphatic rings. The maximum Gasteiger partial charge on any atom is 0.225 e. The van der Waals surface area contributed by atoms with Crippen molar-refractivity contribution in [2.75, 3.05) is 18.0 Å². The van der Waals surface area contributed by atoms with E-state index < -0.39 is 5.60 Å². The van der Waals surface area contributed by atoms with Gasteiger partial charge in [0.15, 0.2) is 5.78 Å². The summed E-state index contributed by atoms with van der Waals surface area (Å²) < 4.78 is 0. The summed E-state index contributed by atoms with van der Waals surface area (Å²) in [6, 6.07) is 3.75. The third-order valence-electron chi connectivity index (χ3n) is 4.42. The number of ketones is 1. The minimum Gasteiger partial charge on any atom is -0.385 e. The van der Waals surface area contributed by atoms with Gasteiger partial charge in [-0.05, 0) is 32.8 Å². The molecule has 2 aromatic heterocycles. The van der Waals surface area contributed by atoms with Crippen LogP contribution < -0.4 is 4.90 Å². The number of Topliss-reactive ketones (excluding diaryl/α,β-unsaturated/α-hetero) is 1.